The van der Waals surface area contributed by atoms with E-state index in [1.807, 2.05) is 19.9 Å². The van der Waals surface area contributed by atoms with E-state index < -0.39 is 0 Å². The van der Waals surface area contributed by atoms with Crippen LogP contribution in [0.3, 0.4) is 0 Å². The maximum absolute atomic E-state index is 12.6. The first kappa shape index (κ1) is 18.1. The number of amides is 1. The zero-order valence-corrected chi connectivity index (χ0v) is 15.1. The third-order valence-corrected chi connectivity index (χ3v) is 4.96. The molecule has 1 aromatic rings. The molecule has 0 aliphatic carbocycles. The van der Waals surface area contributed by atoms with Crippen molar-refractivity contribution in [3.05, 3.63) is 22.7 Å². The zero-order chi connectivity index (χ0) is 16.8. The molecule has 1 aromatic carbocycles. The molecule has 128 valence electrons. The Morgan fingerprint density at radius 3 is 2.43 bits per heavy atom. The van der Waals surface area contributed by atoms with Gasteiger partial charge in [-0.15, -0.1) is 0 Å². The normalized spacial score (nSPS) is 17.9. The monoisotopic (exact) mass is 338 g/mol. The number of benzene rings is 1. The first-order chi connectivity index (χ1) is 11.0. The van der Waals surface area contributed by atoms with Gasteiger partial charge in [0.05, 0.1) is 18.8 Å². The van der Waals surface area contributed by atoms with Gasteiger partial charge < -0.3 is 10.1 Å². The number of hydrogen-bond donors (Lipinski definition) is 1. The molecule has 0 saturated carbocycles. The van der Waals surface area contributed by atoms with Crippen molar-refractivity contribution in [2.24, 2.45) is 0 Å². The van der Waals surface area contributed by atoms with Crippen molar-refractivity contribution in [2.75, 3.05) is 25.5 Å². The molecule has 0 unspecified atom stereocenters. The van der Waals surface area contributed by atoms with Gasteiger partial charge in [0.15, 0.2) is 0 Å². The lowest BCUT2D eigenvalue weighted by Crippen LogP contribution is -2.43. The highest BCUT2D eigenvalue weighted by atomic mass is 35.5. The number of nitrogens with zero attached hydrogens (tertiary/aromatic N) is 1. The van der Waals surface area contributed by atoms with Crippen LogP contribution in [-0.2, 0) is 4.79 Å². The van der Waals surface area contributed by atoms with Gasteiger partial charge >= 0.3 is 0 Å². The fraction of sp³-hybridized carbons (Fsp3) is 0.611. The fourth-order valence-corrected chi connectivity index (χ4v) is 3.15. The van der Waals surface area contributed by atoms with Crippen LogP contribution in [0.2, 0.25) is 5.02 Å². The number of methoxy groups -OCH3 is 1. The van der Waals surface area contributed by atoms with Crippen LogP contribution >= 0.6 is 11.6 Å². The Bertz CT molecular complexity index is 540. The van der Waals surface area contributed by atoms with Crippen LogP contribution in [0, 0.1) is 6.92 Å². The van der Waals surface area contributed by atoms with Crippen LogP contribution < -0.4 is 10.1 Å². The number of halogens is 1. The number of nitrogens with one attached hydrogen (secondary N) is 1. The Labute approximate surface area is 144 Å². The van der Waals surface area contributed by atoms with Crippen LogP contribution in [0.15, 0.2) is 12.1 Å². The van der Waals surface area contributed by atoms with Crippen molar-refractivity contribution in [1.82, 2.24) is 4.90 Å². The number of ether oxygens (including phenoxy) is 1. The molecule has 0 aromatic heterocycles. The van der Waals surface area contributed by atoms with Crippen molar-refractivity contribution in [3.63, 3.8) is 0 Å². The molecule has 1 heterocycles. The molecule has 0 radical (unpaired) electrons. The van der Waals surface area contributed by atoms with Crippen LogP contribution in [0.1, 0.15) is 44.6 Å². The smallest absolute Gasteiger partial charge is 0.241 e. The number of aryl methyl sites for hydroxylation is 1. The molecule has 1 N–H and O–H groups in total. The lowest BCUT2D eigenvalue weighted by atomic mass is 10.1. The molecular formula is C18H27ClN2O2. The number of hydrogen-bond acceptors (Lipinski definition) is 3. The molecule has 5 heteroatoms. The Balaban J connectivity index is 2.06. The number of anilines is 1. The highest BCUT2D eigenvalue weighted by molar-refractivity contribution is 6.31. The van der Waals surface area contributed by atoms with Crippen molar-refractivity contribution < 1.29 is 9.53 Å². The van der Waals surface area contributed by atoms with E-state index in [0.717, 1.165) is 18.7 Å². The lowest BCUT2D eigenvalue weighted by molar-refractivity contribution is -0.120. The zero-order valence-electron chi connectivity index (χ0n) is 14.3. The van der Waals surface area contributed by atoms with Gasteiger partial charge in [0.2, 0.25) is 5.91 Å². The first-order valence-corrected chi connectivity index (χ1v) is 8.79. The van der Waals surface area contributed by atoms with E-state index in [-0.39, 0.29) is 11.9 Å². The van der Waals surface area contributed by atoms with Gasteiger partial charge in [0.1, 0.15) is 5.75 Å². The van der Waals surface area contributed by atoms with Crippen molar-refractivity contribution in [1.29, 1.82) is 0 Å². The van der Waals surface area contributed by atoms with Gasteiger partial charge in [-0.3, -0.25) is 9.69 Å². The van der Waals surface area contributed by atoms with Crippen LogP contribution in [0.25, 0.3) is 0 Å². The quantitative estimate of drug-likeness (QED) is 0.892. The molecule has 1 atom stereocenters. The number of carbonyl (C=O) groups is 1. The molecule has 1 fully saturated rings. The maximum atomic E-state index is 12.6. The van der Waals surface area contributed by atoms with Crippen LogP contribution in [-0.4, -0.2) is 37.0 Å². The van der Waals surface area contributed by atoms with Crippen molar-refractivity contribution in [2.45, 2.75) is 52.0 Å². The second-order valence-corrected chi connectivity index (χ2v) is 6.68. The number of likely N-dealkylation sites (tertiary alicyclic amines) is 1. The number of carbonyl (C=O) groups excluding carboxylic acids is 1. The molecule has 4 nitrogen and oxygen atoms in total. The highest BCUT2D eigenvalue weighted by Gasteiger charge is 2.22. The van der Waals surface area contributed by atoms with E-state index in [0.29, 0.717) is 16.5 Å². The highest BCUT2D eigenvalue weighted by Crippen LogP contribution is 2.31. The summed E-state index contributed by atoms with van der Waals surface area (Å²) in [5.74, 6) is 0.597. The second kappa shape index (κ2) is 8.55. The molecule has 1 aliphatic rings. The summed E-state index contributed by atoms with van der Waals surface area (Å²) in [7, 11) is 1.58. The predicted octanol–water partition coefficient (Wildman–Crippen LogP) is 4.25. The van der Waals surface area contributed by atoms with Gasteiger partial charge in [0.25, 0.3) is 0 Å². The second-order valence-electron chi connectivity index (χ2n) is 6.27. The third-order valence-electron chi connectivity index (χ3n) is 4.56. The Morgan fingerprint density at radius 2 is 1.83 bits per heavy atom. The van der Waals surface area contributed by atoms with E-state index in [1.165, 1.54) is 32.1 Å². The summed E-state index contributed by atoms with van der Waals surface area (Å²) < 4.78 is 5.33. The van der Waals surface area contributed by atoms with E-state index in [9.17, 15) is 4.79 Å². The van der Waals surface area contributed by atoms with E-state index in [1.54, 1.807) is 13.2 Å². The molecule has 1 saturated heterocycles. The summed E-state index contributed by atoms with van der Waals surface area (Å²) >= 11 is 6.12. The minimum atomic E-state index is -0.145. The SMILES string of the molecule is COc1cc(Cl)c(C)cc1NC(=O)[C@@H](C)N1CCCCCCC1. The van der Waals surface area contributed by atoms with Crippen molar-refractivity contribution >= 4 is 23.2 Å². The summed E-state index contributed by atoms with van der Waals surface area (Å²) in [6.07, 6.45) is 6.17. The Kier molecular flexibility index (Phi) is 6.72. The van der Waals surface area contributed by atoms with Crippen LogP contribution in [0.4, 0.5) is 5.69 Å². The summed E-state index contributed by atoms with van der Waals surface area (Å²) in [5, 5.41) is 3.63. The maximum Gasteiger partial charge on any atom is 0.241 e. The predicted molar refractivity (Wildman–Crippen MR) is 95.5 cm³/mol. The summed E-state index contributed by atoms with van der Waals surface area (Å²) in [4.78, 5) is 14.9. The minimum Gasteiger partial charge on any atom is -0.495 e. The Hall–Kier alpha value is -1.26. The molecule has 1 amide bonds. The van der Waals surface area contributed by atoms with Crippen molar-refractivity contribution in [3.8, 4) is 5.75 Å². The molecule has 0 bridgehead atoms. The van der Waals surface area contributed by atoms with Gasteiger partial charge in [0, 0.05) is 11.1 Å². The van der Waals surface area contributed by atoms with E-state index >= 15 is 0 Å². The lowest BCUT2D eigenvalue weighted by Gasteiger charge is -2.29. The number of rotatable bonds is 4. The molecular weight excluding hydrogens is 312 g/mol. The van der Waals surface area contributed by atoms with Gasteiger partial charge in [-0.05, 0) is 51.4 Å². The molecule has 23 heavy (non-hydrogen) atoms. The largest absolute Gasteiger partial charge is 0.495 e. The van der Waals surface area contributed by atoms with Gasteiger partial charge in [-0.25, -0.2) is 0 Å². The summed E-state index contributed by atoms with van der Waals surface area (Å²) in [6.45, 7) is 5.88. The van der Waals surface area contributed by atoms with Gasteiger partial charge in [-0.2, -0.15) is 0 Å². The van der Waals surface area contributed by atoms with E-state index in [4.69, 9.17) is 16.3 Å². The topological polar surface area (TPSA) is 41.6 Å². The van der Waals surface area contributed by atoms with Crippen LogP contribution in [0.5, 0.6) is 5.75 Å². The average Bonchev–Trinajstić information content (AvgIpc) is 2.49. The molecule has 2 rings (SSSR count). The molecule has 1 aliphatic heterocycles. The first-order valence-electron chi connectivity index (χ1n) is 8.42. The van der Waals surface area contributed by atoms with E-state index in [2.05, 4.69) is 10.2 Å². The molecule has 0 spiro atoms. The fourth-order valence-electron chi connectivity index (χ4n) is 2.99. The third kappa shape index (κ3) is 4.85. The minimum absolute atomic E-state index is 0.00518. The average molecular weight is 339 g/mol. The Morgan fingerprint density at radius 1 is 1.22 bits per heavy atom. The standard InChI is InChI=1S/C18H27ClN2O2/c1-13-11-16(17(23-3)12-15(13)19)20-18(22)14(2)21-9-7-5-4-6-8-10-21/h11-12,14H,4-10H2,1-3H3,(H,20,22)/t14-/m1/s1. The summed E-state index contributed by atoms with van der Waals surface area (Å²) in [6, 6.07) is 3.46. The van der Waals surface area contributed by atoms with Gasteiger partial charge in [-0.1, -0.05) is 30.9 Å². The summed E-state index contributed by atoms with van der Waals surface area (Å²) in [5.41, 5.74) is 1.60.